The van der Waals surface area contributed by atoms with Gasteiger partial charge < -0.3 is 14.5 Å². The predicted octanol–water partition coefficient (Wildman–Crippen LogP) is 5.08. The van der Waals surface area contributed by atoms with Crippen LogP contribution < -0.4 is 10.1 Å². The number of rotatable bonds is 6. The van der Waals surface area contributed by atoms with Crippen LogP contribution in [0.2, 0.25) is 0 Å². The first-order chi connectivity index (χ1) is 15.5. The molecule has 1 aromatic heterocycles. The van der Waals surface area contributed by atoms with E-state index in [1.54, 1.807) is 0 Å². The Hall–Kier alpha value is -3.06. The lowest BCUT2D eigenvalue weighted by atomic mass is 9.81. The maximum Gasteiger partial charge on any atom is 0.287 e. The molecule has 0 radical (unpaired) electrons. The van der Waals surface area contributed by atoms with E-state index in [1.165, 1.54) is 11.1 Å². The van der Waals surface area contributed by atoms with Gasteiger partial charge in [0, 0.05) is 17.3 Å². The molecule has 1 aliphatic carbocycles. The molecule has 6 nitrogen and oxygen atoms in total. The molecule has 7 heteroatoms. The van der Waals surface area contributed by atoms with Gasteiger partial charge in [-0.25, -0.2) is 4.98 Å². The van der Waals surface area contributed by atoms with E-state index in [0.717, 1.165) is 53.8 Å². The maximum absolute atomic E-state index is 11.9. The standard InChI is InChI=1S/C25H24N2O4S/c1-15-22(26-23(31-15)17-5-3-2-4-6-17)14-30-20-10-9-18-11-16(7-8-19(18)13-20)12-21-24(28)32-25(29)27-21/h2-6,9-10,13,16,21H,7-8,11-12,14H2,1H3,(H,27,29). The summed E-state index contributed by atoms with van der Waals surface area (Å²) >= 11 is 0.792. The number of aromatic nitrogens is 1. The Bertz CT molecular complexity index is 1160. The third-order valence-corrected chi connectivity index (χ3v) is 6.93. The van der Waals surface area contributed by atoms with Crippen LogP contribution in [0.25, 0.3) is 11.5 Å². The number of fused-ring (bicyclic) bond motifs is 1. The molecule has 1 fully saturated rings. The van der Waals surface area contributed by atoms with Crippen molar-refractivity contribution in [3.05, 3.63) is 71.1 Å². The number of carbonyl (C=O) groups is 2. The topological polar surface area (TPSA) is 81.4 Å². The number of hydrogen-bond donors (Lipinski definition) is 1. The monoisotopic (exact) mass is 448 g/mol. The number of nitrogens with one attached hydrogen (secondary N) is 1. The number of aryl methyl sites for hydroxylation is 2. The lowest BCUT2D eigenvalue weighted by Gasteiger charge is -2.26. The highest BCUT2D eigenvalue weighted by molar-refractivity contribution is 8.26. The van der Waals surface area contributed by atoms with Gasteiger partial charge in [0.25, 0.3) is 5.24 Å². The zero-order chi connectivity index (χ0) is 22.1. The molecule has 5 rings (SSSR count). The van der Waals surface area contributed by atoms with Gasteiger partial charge in [0.1, 0.15) is 23.8 Å². The lowest BCUT2D eigenvalue weighted by Crippen LogP contribution is -2.32. The maximum atomic E-state index is 11.9. The smallest absolute Gasteiger partial charge is 0.287 e. The molecular weight excluding hydrogens is 424 g/mol. The highest BCUT2D eigenvalue weighted by atomic mass is 32.2. The number of amides is 1. The first kappa shape index (κ1) is 20.8. The van der Waals surface area contributed by atoms with Gasteiger partial charge in [-0.2, -0.15) is 0 Å². The van der Waals surface area contributed by atoms with E-state index < -0.39 is 0 Å². The molecular formula is C25H24N2O4S. The van der Waals surface area contributed by atoms with Gasteiger partial charge in [-0.05, 0) is 73.9 Å². The highest BCUT2D eigenvalue weighted by Crippen LogP contribution is 2.33. The van der Waals surface area contributed by atoms with Gasteiger partial charge in [-0.15, -0.1) is 0 Å². The summed E-state index contributed by atoms with van der Waals surface area (Å²) in [6, 6.07) is 15.7. The normalized spacial score (nSPS) is 20.2. The van der Waals surface area contributed by atoms with Gasteiger partial charge >= 0.3 is 0 Å². The van der Waals surface area contributed by atoms with E-state index in [9.17, 15) is 9.59 Å². The van der Waals surface area contributed by atoms with Gasteiger partial charge in [-0.3, -0.25) is 9.59 Å². The SMILES string of the molecule is Cc1oc(-c2ccccc2)nc1COc1ccc2c(c1)CCC(CC1NC(=O)SC1=O)C2. The molecule has 2 atom stereocenters. The number of ether oxygens (including phenoxy) is 1. The van der Waals surface area contributed by atoms with Gasteiger partial charge in [0.05, 0.1) is 6.04 Å². The van der Waals surface area contributed by atoms with Crippen molar-refractivity contribution in [2.24, 2.45) is 5.92 Å². The first-order valence-corrected chi connectivity index (χ1v) is 11.7. The van der Waals surface area contributed by atoms with Crippen molar-refractivity contribution >= 4 is 22.1 Å². The van der Waals surface area contributed by atoms with Gasteiger partial charge in [-0.1, -0.05) is 24.3 Å². The number of carbonyl (C=O) groups excluding carboxylic acids is 2. The van der Waals surface area contributed by atoms with Crippen molar-refractivity contribution in [1.29, 1.82) is 0 Å². The van der Waals surface area contributed by atoms with Crippen molar-refractivity contribution < 1.29 is 18.7 Å². The summed E-state index contributed by atoms with van der Waals surface area (Å²) in [5, 5.41) is 2.50. The van der Waals surface area contributed by atoms with E-state index in [1.807, 2.05) is 43.3 Å². The molecule has 164 valence electrons. The van der Waals surface area contributed by atoms with Crippen LogP contribution in [0, 0.1) is 12.8 Å². The quantitative estimate of drug-likeness (QED) is 0.567. The van der Waals surface area contributed by atoms with Crippen LogP contribution in [-0.4, -0.2) is 21.4 Å². The zero-order valence-electron chi connectivity index (χ0n) is 17.8. The summed E-state index contributed by atoms with van der Waals surface area (Å²) in [6.45, 7) is 2.26. The Morgan fingerprint density at radius 1 is 1.16 bits per heavy atom. The van der Waals surface area contributed by atoms with E-state index in [-0.39, 0.29) is 16.4 Å². The summed E-state index contributed by atoms with van der Waals surface area (Å²) in [4.78, 5) is 27.9. The molecule has 2 aliphatic rings. The van der Waals surface area contributed by atoms with Crippen LogP contribution in [0.3, 0.4) is 0 Å². The number of nitrogens with zero attached hydrogens (tertiary/aromatic N) is 1. The van der Waals surface area contributed by atoms with Crippen molar-refractivity contribution in [2.45, 2.75) is 45.3 Å². The number of oxazole rings is 1. The molecule has 1 N–H and O–H groups in total. The van der Waals surface area contributed by atoms with Crippen LogP contribution in [0.4, 0.5) is 4.79 Å². The minimum absolute atomic E-state index is 0.0527. The Kier molecular flexibility index (Phi) is 5.74. The summed E-state index contributed by atoms with van der Waals surface area (Å²) in [5.41, 5.74) is 4.32. The number of benzene rings is 2. The predicted molar refractivity (Wildman–Crippen MR) is 122 cm³/mol. The summed E-state index contributed by atoms with van der Waals surface area (Å²) in [6.07, 6.45) is 3.58. The Morgan fingerprint density at radius 3 is 2.78 bits per heavy atom. The average Bonchev–Trinajstić information content (AvgIpc) is 3.33. The third-order valence-electron chi connectivity index (χ3n) is 6.14. The Balaban J connectivity index is 1.21. The Morgan fingerprint density at radius 2 is 2.00 bits per heavy atom. The fourth-order valence-electron chi connectivity index (χ4n) is 4.40. The number of thioether (sulfide) groups is 1. The fourth-order valence-corrected chi connectivity index (χ4v) is 5.08. The van der Waals surface area contributed by atoms with E-state index in [4.69, 9.17) is 9.15 Å². The molecule has 2 heterocycles. The van der Waals surface area contributed by atoms with Crippen molar-refractivity contribution in [1.82, 2.24) is 10.3 Å². The molecule has 3 aromatic rings. The zero-order valence-corrected chi connectivity index (χ0v) is 18.6. The van der Waals surface area contributed by atoms with Crippen molar-refractivity contribution in [3.63, 3.8) is 0 Å². The van der Waals surface area contributed by atoms with Crippen LogP contribution >= 0.6 is 11.8 Å². The second-order valence-corrected chi connectivity index (χ2v) is 9.33. The second-order valence-electron chi connectivity index (χ2n) is 8.36. The first-order valence-electron chi connectivity index (χ1n) is 10.8. The van der Waals surface area contributed by atoms with E-state index in [0.29, 0.717) is 24.8 Å². The lowest BCUT2D eigenvalue weighted by molar-refractivity contribution is -0.112. The molecule has 32 heavy (non-hydrogen) atoms. The molecule has 1 amide bonds. The summed E-state index contributed by atoms with van der Waals surface area (Å²) in [7, 11) is 0. The van der Waals surface area contributed by atoms with E-state index >= 15 is 0 Å². The fraction of sp³-hybridized carbons (Fsp3) is 0.320. The molecule has 2 aromatic carbocycles. The second kappa shape index (κ2) is 8.82. The van der Waals surface area contributed by atoms with Crippen LogP contribution in [0.15, 0.2) is 52.9 Å². The Labute approximate surface area is 190 Å². The van der Waals surface area contributed by atoms with Gasteiger partial charge in [0.15, 0.2) is 0 Å². The highest BCUT2D eigenvalue weighted by Gasteiger charge is 2.34. The summed E-state index contributed by atoms with van der Waals surface area (Å²) < 4.78 is 11.8. The van der Waals surface area contributed by atoms with Gasteiger partial charge in [0.2, 0.25) is 11.0 Å². The molecule has 0 spiro atoms. The van der Waals surface area contributed by atoms with Crippen LogP contribution in [0.1, 0.15) is 35.4 Å². The minimum Gasteiger partial charge on any atom is -0.487 e. The number of hydrogen-bond acceptors (Lipinski definition) is 6. The molecule has 0 saturated carbocycles. The average molecular weight is 449 g/mol. The largest absolute Gasteiger partial charge is 0.487 e. The molecule has 1 saturated heterocycles. The van der Waals surface area contributed by atoms with Crippen molar-refractivity contribution in [3.8, 4) is 17.2 Å². The summed E-state index contributed by atoms with van der Waals surface area (Å²) in [5.74, 6) is 2.58. The van der Waals surface area contributed by atoms with Crippen molar-refractivity contribution in [2.75, 3.05) is 0 Å². The minimum atomic E-state index is -0.340. The van der Waals surface area contributed by atoms with Crippen LogP contribution in [0.5, 0.6) is 5.75 Å². The third kappa shape index (κ3) is 4.43. The molecule has 2 unspecified atom stereocenters. The van der Waals surface area contributed by atoms with E-state index in [2.05, 4.69) is 22.4 Å². The molecule has 1 aliphatic heterocycles. The van der Waals surface area contributed by atoms with Crippen LogP contribution in [-0.2, 0) is 24.2 Å². The molecule has 0 bridgehead atoms.